The van der Waals surface area contributed by atoms with E-state index in [0.717, 1.165) is 18.5 Å². The Balaban J connectivity index is 1.88. The van der Waals surface area contributed by atoms with E-state index >= 15 is 0 Å². The number of hydrogen-bond donors (Lipinski definition) is 1. The maximum absolute atomic E-state index is 12.9. The number of aromatic nitrogens is 3. The second kappa shape index (κ2) is 6.82. The van der Waals surface area contributed by atoms with Crippen molar-refractivity contribution in [1.82, 2.24) is 19.7 Å². The first-order valence-electron chi connectivity index (χ1n) is 8.18. The molecule has 7 nitrogen and oxygen atoms in total. The number of primary amides is 1. The lowest BCUT2D eigenvalue weighted by atomic mass is 9.97. The summed E-state index contributed by atoms with van der Waals surface area (Å²) < 4.78 is 1.70. The van der Waals surface area contributed by atoms with Gasteiger partial charge in [-0.2, -0.15) is 5.10 Å². The topological polar surface area (TPSA) is 94.1 Å². The van der Waals surface area contributed by atoms with Crippen molar-refractivity contribution in [3.8, 4) is 5.82 Å². The van der Waals surface area contributed by atoms with Crippen LogP contribution in [0.2, 0.25) is 0 Å². The summed E-state index contributed by atoms with van der Waals surface area (Å²) in [6.07, 6.45) is 5.47. The largest absolute Gasteiger partial charge is 0.369 e. The van der Waals surface area contributed by atoms with E-state index < -0.39 is 0 Å². The molecule has 2 N–H and O–H groups in total. The predicted molar refractivity (Wildman–Crippen MR) is 88.6 cm³/mol. The molecule has 2 amide bonds. The molecule has 1 aliphatic heterocycles. The van der Waals surface area contributed by atoms with Gasteiger partial charge in [-0.3, -0.25) is 9.59 Å². The van der Waals surface area contributed by atoms with Gasteiger partial charge in [-0.25, -0.2) is 9.67 Å². The van der Waals surface area contributed by atoms with Crippen molar-refractivity contribution in [1.29, 1.82) is 0 Å². The maximum atomic E-state index is 12.9. The zero-order valence-electron chi connectivity index (χ0n) is 13.7. The number of rotatable bonds is 4. The van der Waals surface area contributed by atoms with Gasteiger partial charge in [-0.05, 0) is 31.4 Å². The standard InChI is InChI=1S/C17H21N5O2/c1-2-14-13(10-20-22(14)15-7-3-4-8-19-15)17(24)21-9-5-6-12(11-21)16(18)23/h3-4,7-8,10,12H,2,5-6,9,11H2,1H3,(H2,18,23). The number of carbonyl (C=O) groups is 2. The van der Waals surface area contributed by atoms with E-state index in [1.165, 1.54) is 0 Å². The highest BCUT2D eigenvalue weighted by Gasteiger charge is 2.29. The van der Waals surface area contributed by atoms with Gasteiger partial charge in [0.2, 0.25) is 5.91 Å². The summed E-state index contributed by atoms with van der Waals surface area (Å²) in [6, 6.07) is 5.57. The molecule has 2 aromatic heterocycles. The van der Waals surface area contributed by atoms with E-state index in [-0.39, 0.29) is 17.7 Å². The zero-order valence-corrected chi connectivity index (χ0v) is 13.7. The van der Waals surface area contributed by atoms with E-state index in [1.54, 1.807) is 22.0 Å². The van der Waals surface area contributed by atoms with Crippen molar-refractivity contribution in [3.63, 3.8) is 0 Å². The molecular weight excluding hydrogens is 306 g/mol. The van der Waals surface area contributed by atoms with Crippen molar-refractivity contribution in [2.75, 3.05) is 13.1 Å². The highest BCUT2D eigenvalue weighted by molar-refractivity contribution is 5.95. The summed E-state index contributed by atoms with van der Waals surface area (Å²) in [7, 11) is 0. The number of piperidine rings is 1. The van der Waals surface area contributed by atoms with Crippen LogP contribution in [-0.2, 0) is 11.2 Å². The summed E-state index contributed by atoms with van der Waals surface area (Å²) in [5.41, 5.74) is 6.79. The number of amides is 2. The van der Waals surface area contributed by atoms with Crippen LogP contribution in [0.15, 0.2) is 30.6 Å². The van der Waals surface area contributed by atoms with Crippen molar-refractivity contribution >= 4 is 11.8 Å². The van der Waals surface area contributed by atoms with Crippen LogP contribution in [0.3, 0.4) is 0 Å². The van der Waals surface area contributed by atoms with E-state index in [9.17, 15) is 9.59 Å². The highest BCUT2D eigenvalue weighted by atomic mass is 16.2. The Morgan fingerprint density at radius 2 is 2.21 bits per heavy atom. The maximum Gasteiger partial charge on any atom is 0.257 e. The lowest BCUT2D eigenvalue weighted by molar-refractivity contribution is -0.123. The molecule has 1 atom stereocenters. The minimum Gasteiger partial charge on any atom is -0.369 e. The first-order chi connectivity index (χ1) is 11.6. The normalized spacial score (nSPS) is 17.7. The third kappa shape index (κ3) is 3.02. The fraction of sp³-hybridized carbons (Fsp3) is 0.412. The second-order valence-corrected chi connectivity index (χ2v) is 5.95. The van der Waals surface area contributed by atoms with Crippen LogP contribution in [0.1, 0.15) is 35.8 Å². The van der Waals surface area contributed by atoms with Gasteiger partial charge < -0.3 is 10.6 Å². The van der Waals surface area contributed by atoms with Crippen LogP contribution in [0.5, 0.6) is 0 Å². The van der Waals surface area contributed by atoms with Crippen molar-refractivity contribution in [2.24, 2.45) is 11.7 Å². The molecule has 3 rings (SSSR count). The molecule has 0 aliphatic carbocycles. The molecule has 0 saturated carbocycles. The predicted octanol–water partition coefficient (Wildman–Crippen LogP) is 1.17. The van der Waals surface area contributed by atoms with Gasteiger partial charge in [0.15, 0.2) is 5.82 Å². The molecule has 2 aromatic rings. The molecule has 1 unspecified atom stereocenters. The molecule has 7 heteroatoms. The fourth-order valence-corrected chi connectivity index (χ4v) is 3.13. The van der Waals surface area contributed by atoms with Gasteiger partial charge in [0.1, 0.15) is 0 Å². The van der Waals surface area contributed by atoms with Crippen LogP contribution in [-0.4, -0.2) is 44.6 Å². The van der Waals surface area contributed by atoms with Crippen LogP contribution in [0.4, 0.5) is 0 Å². The van der Waals surface area contributed by atoms with Crippen LogP contribution < -0.4 is 5.73 Å². The number of nitrogens with two attached hydrogens (primary N) is 1. The molecule has 0 spiro atoms. The fourth-order valence-electron chi connectivity index (χ4n) is 3.13. The number of hydrogen-bond acceptors (Lipinski definition) is 4. The summed E-state index contributed by atoms with van der Waals surface area (Å²) in [6.45, 7) is 3.00. The van der Waals surface area contributed by atoms with Gasteiger partial charge in [-0.1, -0.05) is 13.0 Å². The quantitative estimate of drug-likeness (QED) is 0.912. The molecule has 1 aliphatic rings. The molecule has 3 heterocycles. The van der Waals surface area contributed by atoms with Gasteiger partial charge in [0, 0.05) is 19.3 Å². The number of pyridine rings is 1. The van der Waals surface area contributed by atoms with E-state index in [2.05, 4.69) is 10.1 Å². The Kier molecular flexibility index (Phi) is 4.59. The molecular formula is C17H21N5O2. The number of carbonyl (C=O) groups excluding carboxylic acids is 2. The minimum atomic E-state index is -0.340. The monoisotopic (exact) mass is 327 g/mol. The minimum absolute atomic E-state index is 0.0972. The average Bonchev–Trinajstić information content (AvgIpc) is 3.05. The lowest BCUT2D eigenvalue weighted by Gasteiger charge is -2.31. The van der Waals surface area contributed by atoms with Gasteiger partial charge in [0.25, 0.3) is 5.91 Å². The molecule has 1 fully saturated rings. The van der Waals surface area contributed by atoms with E-state index in [4.69, 9.17) is 5.73 Å². The van der Waals surface area contributed by atoms with Crippen LogP contribution in [0, 0.1) is 5.92 Å². The smallest absolute Gasteiger partial charge is 0.257 e. The summed E-state index contributed by atoms with van der Waals surface area (Å²) in [5.74, 6) is -0.0203. The first kappa shape index (κ1) is 16.2. The Morgan fingerprint density at radius 1 is 1.38 bits per heavy atom. The Bertz CT molecular complexity index is 741. The Morgan fingerprint density at radius 3 is 2.88 bits per heavy atom. The molecule has 24 heavy (non-hydrogen) atoms. The van der Waals surface area contributed by atoms with Gasteiger partial charge >= 0.3 is 0 Å². The average molecular weight is 327 g/mol. The van der Waals surface area contributed by atoms with Gasteiger partial charge in [-0.15, -0.1) is 0 Å². The molecule has 0 aromatic carbocycles. The van der Waals surface area contributed by atoms with Crippen LogP contribution in [0.25, 0.3) is 5.82 Å². The second-order valence-electron chi connectivity index (χ2n) is 5.95. The summed E-state index contributed by atoms with van der Waals surface area (Å²) in [5, 5.41) is 4.34. The number of likely N-dealkylation sites (tertiary alicyclic amines) is 1. The highest BCUT2D eigenvalue weighted by Crippen LogP contribution is 2.21. The third-order valence-corrected chi connectivity index (χ3v) is 4.41. The number of nitrogens with zero attached hydrogens (tertiary/aromatic N) is 4. The van der Waals surface area contributed by atoms with E-state index in [0.29, 0.717) is 30.9 Å². The SMILES string of the molecule is CCc1c(C(=O)N2CCCC(C(N)=O)C2)cnn1-c1ccccn1. The zero-order chi connectivity index (χ0) is 17.1. The Hall–Kier alpha value is -2.70. The molecule has 1 saturated heterocycles. The molecule has 126 valence electrons. The van der Waals surface area contributed by atoms with Crippen molar-refractivity contribution in [2.45, 2.75) is 26.2 Å². The molecule has 0 radical (unpaired) electrons. The van der Waals surface area contributed by atoms with Crippen LogP contribution >= 0.6 is 0 Å². The lowest BCUT2D eigenvalue weighted by Crippen LogP contribution is -2.44. The first-order valence-corrected chi connectivity index (χ1v) is 8.18. The summed E-state index contributed by atoms with van der Waals surface area (Å²) >= 11 is 0. The van der Waals surface area contributed by atoms with Crippen molar-refractivity contribution in [3.05, 3.63) is 41.9 Å². The van der Waals surface area contributed by atoms with Gasteiger partial charge in [0.05, 0.1) is 23.4 Å². The molecule has 0 bridgehead atoms. The third-order valence-electron chi connectivity index (χ3n) is 4.41. The summed E-state index contributed by atoms with van der Waals surface area (Å²) in [4.78, 5) is 30.3. The van der Waals surface area contributed by atoms with Crippen molar-refractivity contribution < 1.29 is 9.59 Å². The van der Waals surface area contributed by atoms with E-state index in [1.807, 2.05) is 25.1 Å². The Labute approximate surface area is 140 Å².